The molecule has 0 aromatic heterocycles. The molecule has 1 unspecified atom stereocenters. The number of rotatable bonds is 34. The Morgan fingerprint density at radius 2 is 0.950 bits per heavy atom. The average Bonchev–Trinajstić information content (AvgIpc) is 2.93. The summed E-state index contributed by atoms with van der Waals surface area (Å²) in [6, 6.07) is 0. The van der Waals surface area contributed by atoms with Crippen molar-refractivity contribution in [1.29, 1.82) is 0 Å². The molecule has 0 radical (unpaired) electrons. The van der Waals surface area contributed by atoms with Crippen molar-refractivity contribution in [2.45, 2.75) is 174 Å². The maximum atomic E-state index is 12.1. The average molecular weight is 656 g/mol. The lowest BCUT2D eigenvalue weighted by Crippen LogP contribution is -2.26. The van der Waals surface area contributed by atoms with Gasteiger partial charge in [0.05, 0.1) is 19.4 Å². The Morgan fingerprint density at radius 3 is 1.35 bits per heavy atom. The second kappa shape index (κ2) is 32.5. The maximum absolute atomic E-state index is 12.1. The van der Waals surface area contributed by atoms with Crippen LogP contribution in [0.25, 0.3) is 0 Å². The van der Waals surface area contributed by atoms with Crippen molar-refractivity contribution in [1.82, 2.24) is 0 Å². The van der Waals surface area contributed by atoms with Crippen molar-refractivity contribution in [3.8, 4) is 0 Å². The molecule has 0 bridgehead atoms. The fourth-order valence-electron chi connectivity index (χ4n) is 4.97. The number of hydrogen-bond acceptors (Lipinski definition) is 4. The molecule has 5 nitrogen and oxygen atoms in total. The third-order valence-electron chi connectivity index (χ3n) is 7.63. The molecule has 0 saturated heterocycles. The van der Waals surface area contributed by atoms with Crippen LogP contribution in [0.4, 0.5) is 0 Å². The molecular formula is C33H68BrO5P. The second-order valence-corrected chi connectivity index (χ2v) is 14.5. The predicted octanol–water partition coefficient (Wildman–Crippen LogP) is 11.4. The highest BCUT2D eigenvalue weighted by Crippen LogP contribution is 2.41. The van der Waals surface area contributed by atoms with Gasteiger partial charge in [-0.15, -0.1) is 0 Å². The number of halogens is 1. The molecule has 0 rings (SSSR count). The van der Waals surface area contributed by atoms with Gasteiger partial charge in [0, 0.05) is 18.5 Å². The quantitative estimate of drug-likeness (QED) is 0.0425. The van der Waals surface area contributed by atoms with E-state index >= 15 is 0 Å². The van der Waals surface area contributed by atoms with Crippen LogP contribution >= 0.6 is 23.5 Å². The van der Waals surface area contributed by atoms with E-state index in [0.29, 0.717) is 25.2 Å². The molecule has 0 aromatic rings. The van der Waals surface area contributed by atoms with Gasteiger partial charge >= 0.3 is 7.60 Å². The highest BCUT2D eigenvalue weighted by Gasteiger charge is 2.21. The van der Waals surface area contributed by atoms with Gasteiger partial charge in [-0.2, -0.15) is 0 Å². The lowest BCUT2D eigenvalue weighted by atomic mass is 10.1. The van der Waals surface area contributed by atoms with E-state index in [-0.39, 0.29) is 18.9 Å². The summed E-state index contributed by atoms with van der Waals surface area (Å²) in [5, 5.41) is 0.445. The molecular weight excluding hydrogens is 587 g/mol. The molecule has 0 saturated carbocycles. The number of hydrogen-bond donors (Lipinski definition) is 1. The number of unbranched alkanes of at least 4 members (excludes halogenated alkanes) is 22. The molecule has 0 spiro atoms. The van der Waals surface area contributed by atoms with Gasteiger partial charge in [-0.25, -0.2) is 0 Å². The summed E-state index contributed by atoms with van der Waals surface area (Å²) in [5.41, 5.74) is 0. The summed E-state index contributed by atoms with van der Waals surface area (Å²) in [6.45, 7) is 6.44. The Kier molecular flexibility index (Phi) is 32.9. The van der Waals surface area contributed by atoms with Crippen molar-refractivity contribution in [2.24, 2.45) is 0 Å². The van der Waals surface area contributed by atoms with Crippen molar-refractivity contribution in [2.75, 3.05) is 37.9 Å². The van der Waals surface area contributed by atoms with Crippen LogP contribution in [0, 0.1) is 0 Å². The Hall–Kier alpha value is 0.550. The minimum Gasteiger partial charge on any atom is -0.379 e. The minimum absolute atomic E-state index is 0.109. The molecule has 242 valence electrons. The zero-order valence-electron chi connectivity index (χ0n) is 26.7. The first-order chi connectivity index (χ1) is 19.6. The summed E-state index contributed by atoms with van der Waals surface area (Å²) in [4.78, 5) is 9.95. The standard InChI is InChI=1S/C33H68BrO5P/c1-3-5-7-9-11-13-15-17-19-21-23-25-28-37-31-33(32-39-40(35,36)30-27-34)38-29-26-24-22-20-18-16-14-12-10-8-6-4-2/h33H,3-32H2,1-2H3,(H,35,36)/t33-/m0/s1. The van der Waals surface area contributed by atoms with E-state index in [2.05, 4.69) is 29.8 Å². The van der Waals surface area contributed by atoms with Crippen molar-refractivity contribution in [3.63, 3.8) is 0 Å². The maximum Gasteiger partial charge on any atom is 0.329 e. The van der Waals surface area contributed by atoms with Gasteiger partial charge in [-0.05, 0) is 12.8 Å². The highest BCUT2D eigenvalue weighted by molar-refractivity contribution is 9.09. The van der Waals surface area contributed by atoms with E-state index < -0.39 is 7.60 Å². The summed E-state index contributed by atoms with van der Waals surface area (Å²) >= 11 is 3.22. The summed E-state index contributed by atoms with van der Waals surface area (Å²) in [6.07, 6.45) is 31.5. The fraction of sp³-hybridized carbons (Fsp3) is 1.00. The molecule has 7 heteroatoms. The Labute approximate surface area is 258 Å². The molecule has 40 heavy (non-hydrogen) atoms. The molecule has 0 aliphatic heterocycles. The minimum atomic E-state index is -3.57. The molecule has 0 aliphatic rings. The largest absolute Gasteiger partial charge is 0.379 e. The summed E-state index contributed by atoms with van der Waals surface area (Å²) in [5.74, 6) is 0. The Bertz CT molecular complexity index is 537. The lowest BCUT2D eigenvalue weighted by Gasteiger charge is -2.20. The zero-order valence-corrected chi connectivity index (χ0v) is 29.2. The third-order valence-corrected chi connectivity index (χ3v) is 9.98. The van der Waals surface area contributed by atoms with E-state index in [1.165, 1.54) is 141 Å². The van der Waals surface area contributed by atoms with Crippen LogP contribution in [0.2, 0.25) is 0 Å². The van der Waals surface area contributed by atoms with Gasteiger partial charge in [-0.3, -0.25) is 4.57 Å². The number of ether oxygens (including phenoxy) is 2. The molecule has 2 atom stereocenters. The highest BCUT2D eigenvalue weighted by atomic mass is 79.9. The van der Waals surface area contributed by atoms with Crippen molar-refractivity contribution < 1.29 is 23.5 Å². The zero-order chi connectivity index (χ0) is 29.4. The van der Waals surface area contributed by atoms with Crippen LogP contribution in [0.3, 0.4) is 0 Å². The normalized spacial score (nSPS) is 14.0. The van der Waals surface area contributed by atoms with Crippen molar-refractivity contribution in [3.05, 3.63) is 0 Å². The first-order valence-electron chi connectivity index (χ1n) is 17.3. The first-order valence-corrected chi connectivity index (χ1v) is 20.2. The van der Waals surface area contributed by atoms with E-state index in [9.17, 15) is 9.46 Å². The predicted molar refractivity (Wildman–Crippen MR) is 177 cm³/mol. The van der Waals surface area contributed by atoms with Crippen LogP contribution in [0.15, 0.2) is 0 Å². The van der Waals surface area contributed by atoms with Crippen LogP contribution in [0.1, 0.15) is 168 Å². The van der Waals surface area contributed by atoms with E-state index in [4.69, 9.17) is 14.0 Å². The monoisotopic (exact) mass is 654 g/mol. The van der Waals surface area contributed by atoms with Gasteiger partial charge in [-0.1, -0.05) is 171 Å². The van der Waals surface area contributed by atoms with Crippen molar-refractivity contribution >= 4 is 23.5 Å². The molecule has 0 fully saturated rings. The second-order valence-electron chi connectivity index (χ2n) is 11.7. The summed E-state index contributed by atoms with van der Waals surface area (Å²) < 4.78 is 29.4. The van der Waals surface area contributed by atoms with Gasteiger partial charge in [0.25, 0.3) is 0 Å². The van der Waals surface area contributed by atoms with E-state index in [0.717, 1.165) is 12.8 Å². The van der Waals surface area contributed by atoms with Crippen LogP contribution in [0.5, 0.6) is 0 Å². The summed E-state index contributed by atoms with van der Waals surface area (Å²) in [7, 11) is -3.57. The van der Waals surface area contributed by atoms with Crippen LogP contribution in [-0.2, 0) is 18.6 Å². The van der Waals surface area contributed by atoms with Gasteiger partial charge in [0.2, 0.25) is 0 Å². The Morgan fingerprint density at radius 1 is 0.575 bits per heavy atom. The fourth-order valence-corrected chi connectivity index (χ4v) is 7.05. The van der Waals surface area contributed by atoms with Crippen LogP contribution in [-0.4, -0.2) is 48.9 Å². The first kappa shape index (κ1) is 40.5. The molecule has 0 heterocycles. The Balaban J connectivity index is 3.87. The molecule has 0 aromatic carbocycles. The molecule has 0 aliphatic carbocycles. The SMILES string of the molecule is CCCCCCCCCCCCCCOC[C@@H](COP(=O)(O)CCBr)OCCCCCCCCCCCCCC. The topological polar surface area (TPSA) is 65.0 Å². The van der Waals surface area contributed by atoms with Gasteiger partial charge in [0.15, 0.2) is 0 Å². The van der Waals surface area contributed by atoms with Gasteiger partial charge < -0.3 is 18.9 Å². The molecule has 0 amide bonds. The van der Waals surface area contributed by atoms with E-state index in [1.54, 1.807) is 0 Å². The van der Waals surface area contributed by atoms with E-state index in [1.807, 2.05) is 0 Å². The van der Waals surface area contributed by atoms with Gasteiger partial charge in [0.1, 0.15) is 6.10 Å². The van der Waals surface area contributed by atoms with Crippen LogP contribution < -0.4 is 0 Å². The smallest absolute Gasteiger partial charge is 0.329 e. The third kappa shape index (κ3) is 31.5. The molecule has 1 N–H and O–H groups in total. The number of alkyl halides is 1. The lowest BCUT2D eigenvalue weighted by molar-refractivity contribution is -0.0402.